The van der Waals surface area contributed by atoms with Crippen molar-refractivity contribution < 1.29 is 4.79 Å². The normalized spacial score (nSPS) is 14.6. The quantitative estimate of drug-likeness (QED) is 0.639. The molecular formula is C9H21N3O. The van der Waals surface area contributed by atoms with Gasteiger partial charge in [0.1, 0.15) is 0 Å². The van der Waals surface area contributed by atoms with Gasteiger partial charge in [0.2, 0.25) is 5.91 Å². The van der Waals surface area contributed by atoms with Crippen LogP contribution in [-0.4, -0.2) is 37.0 Å². The van der Waals surface area contributed by atoms with Crippen LogP contribution in [0, 0.1) is 5.41 Å². The Morgan fingerprint density at radius 1 is 1.46 bits per heavy atom. The zero-order chi connectivity index (χ0) is 10.6. The molecule has 4 N–H and O–H groups in total. The zero-order valence-electron chi connectivity index (χ0n) is 9.00. The molecule has 0 aliphatic carbocycles. The molecule has 1 amide bonds. The van der Waals surface area contributed by atoms with Crippen LogP contribution in [0.1, 0.15) is 20.8 Å². The molecule has 0 saturated heterocycles. The third-order valence-electron chi connectivity index (χ3n) is 1.62. The highest BCUT2D eigenvalue weighted by Crippen LogP contribution is 2.13. The minimum Gasteiger partial charge on any atom is -0.368 e. The molecule has 0 heterocycles. The first kappa shape index (κ1) is 12.4. The predicted octanol–water partition coefficient (Wildman–Crippen LogP) is -0.223. The van der Waals surface area contributed by atoms with Crippen LogP contribution in [0.25, 0.3) is 0 Å². The first-order chi connectivity index (χ1) is 5.72. The summed E-state index contributed by atoms with van der Waals surface area (Å²) in [5.74, 6) is -0.444. The smallest absolute Gasteiger partial charge is 0.235 e. The van der Waals surface area contributed by atoms with Crippen molar-refractivity contribution in [2.45, 2.75) is 26.8 Å². The molecular weight excluding hydrogens is 166 g/mol. The standard InChI is InChI=1S/C9H21N3O/c1-9(2,3)6-12(4)5-7(10)8(11)13/h7H,5-6,10H2,1-4H3,(H2,11,13). The molecule has 0 fully saturated rings. The van der Waals surface area contributed by atoms with Gasteiger partial charge in [0, 0.05) is 13.1 Å². The number of nitrogens with two attached hydrogens (primary N) is 2. The molecule has 0 saturated carbocycles. The molecule has 0 aliphatic rings. The van der Waals surface area contributed by atoms with Crippen LogP contribution in [0.5, 0.6) is 0 Å². The van der Waals surface area contributed by atoms with Gasteiger partial charge in [0.05, 0.1) is 6.04 Å². The lowest BCUT2D eigenvalue weighted by molar-refractivity contribution is -0.119. The second kappa shape index (κ2) is 4.58. The highest BCUT2D eigenvalue weighted by Gasteiger charge is 2.17. The summed E-state index contributed by atoms with van der Waals surface area (Å²) >= 11 is 0. The van der Waals surface area contributed by atoms with Crippen LogP contribution in [0.2, 0.25) is 0 Å². The monoisotopic (exact) mass is 187 g/mol. The number of likely N-dealkylation sites (N-methyl/N-ethyl adjacent to an activating group) is 1. The Bertz CT molecular complexity index is 174. The molecule has 1 atom stereocenters. The van der Waals surface area contributed by atoms with Gasteiger partial charge in [-0.2, -0.15) is 0 Å². The SMILES string of the molecule is CN(CC(N)C(N)=O)CC(C)(C)C. The fourth-order valence-electron chi connectivity index (χ4n) is 1.30. The van der Waals surface area contributed by atoms with E-state index >= 15 is 0 Å². The lowest BCUT2D eigenvalue weighted by Gasteiger charge is -2.27. The molecule has 1 unspecified atom stereocenters. The number of hydrogen-bond donors (Lipinski definition) is 2. The molecule has 0 aromatic heterocycles. The molecule has 0 radical (unpaired) electrons. The minimum atomic E-state index is -0.563. The summed E-state index contributed by atoms with van der Waals surface area (Å²) in [5.41, 5.74) is 10.8. The van der Waals surface area contributed by atoms with Gasteiger partial charge in [-0.05, 0) is 12.5 Å². The lowest BCUT2D eigenvalue weighted by atomic mass is 9.96. The molecule has 0 aromatic carbocycles. The number of nitrogens with zero attached hydrogens (tertiary/aromatic N) is 1. The van der Waals surface area contributed by atoms with E-state index in [2.05, 4.69) is 20.8 Å². The summed E-state index contributed by atoms with van der Waals surface area (Å²) in [5, 5.41) is 0. The largest absolute Gasteiger partial charge is 0.368 e. The molecule has 0 bridgehead atoms. The second-order valence-corrected chi connectivity index (χ2v) is 4.77. The van der Waals surface area contributed by atoms with E-state index in [0.717, 1.165) is 6.54 Å². The van der Waals surface area contributed by atoms with Crippen molar-refractivity contribution >= 4 is 5.91 Å². The van der Waals surface area contributed by atoms with Crippen molar-refractivity contribution in [1.29, 1.82) is 0 Å². The Kier molecular flexibility index (Phi) is 4.36. The van der Waals surface area contributed by atoms with Gasteiger partial charge in [0.25, 0.3) is 0 Å². The Morgan fingerprint density at radius 2 is 1.92 bits per heavy atom. The predicted molar refractivity (Wildman–Crippen MR) is 54.1 cm³/mol. The van der Waals surface area contributed by atoms with E-state index in [9.17, 15) is 4.79 Å². The van der Waals surface area contributed by atoms with Gasteiger partial charge >= 0.3 is 0 Å². The van der Waals surface area contributed by atoms with Gasteiger partial charge in [-0.15, -0.1) is 0 Å². The number of carbonyl (C=O) groups excluding carboxylic acids is 1. The first-order valence-electron chi connectivity index (χ1n) is 4.46. The summed E-state index contributed by atoms with van der Waals surface area (Å²) in [6.07, 6.45) is 0. The van der Waals surface area contributed by atoms with Gasteiger partial charge in [-0.25, -0.2) is 0 Å². The fourth-order valence-corrected chi connectivity index (χ4v) is 1.30. The maximum Gasteiger partial charge on any atom is 0.235 e. The van der Waals surface area contributed by atoms with Gasteiger partial charge in [-0.3, -0.25) is 4.79 Å². The van der Waals surface area contributed by atoms with Crippen molar-refractivity contribution in [3.05, 3.63) is 0 Å². The number of amides is 1. The van der Waals surface area contributed by atoms with Crippen LogP contribution in [0.4, 0.5) is 0 Å². The Labute approximate surface area is 80.3 Å². The van der Waals surface area contributed by atoms with E-state index in [-0.39, 0.29) is 5.41 Å². The van der Waals surface area contributed by atoms with Crippen LogP contribution >= 0.6 is 0 Å². The molecule has 78 valence electrons. The third kappa shape index (κ3) is 6.54. The molecule has 13 heavy (non-hydrogen) atoms. The number of carbonyl (C=O) groups is 1. The summed E-state index contributed by atoms with van der Waals surface area (Å²) < 4.78 is 0. The number of rotatable bonds is 4. The van der Waals surface area contributed by atoms with E-state index in [4.69, 9.17) is 11.5 Å². The molecule has 0 aliphatic heterocycles. The Balaban J connectivity index is 3.88. The minimum absolute atomic E-state index is 0.214. The highest BCUT2D eigenvalue weighted by atomic mass is 16.1. The zero-order valence-corrected chi connectivity index (χ0v) is 9.00. The van der Waals surface area contributed by atoms with E-state index in [0.29, 0.717) is 6.54 Å². The van der Waals surface area contributed by atoms with E-state index in [1.807, 2.05) is 11.9 Å². The average Bonchev–Trinajstić information content (AvgIpc) is 1.81. The van der Waals surface area contributed by atoms with Gasteiger partial charge in [0.15, 0.2) is 0 Å². The summed E-state index contributed by atoms with van der Waals surface area (Å²) in [6.45, 7) is 7.83. The lowest BCUT2D eigenvalue weighted by Crippen LogP contribution is -2.46. The summed E-state index contributed by atoms with van der Waals surface area (Å²) in [4.78, 5) is 12.7. The molecule has 4 heteroatoms. The van der Waals surface area contributed by atoms with Crippen LogP contribution in [0.3, 0.4) is 0 Å². The van der Waals surface area contributed by atoms with Gasteiger partial charge < -0.3 is 16.4 Å². The maximum atomic E-state index is 10.7. The molecule has 0 rings (SSSR count). The van der Waals surface area contributed by atoms with Crippen molar-refractivity contribution in [2.24, 2.45) is 16.9 Å². The van der Waals surface area contributed by atoms with Crippen molar-refractivity contribution in [1.82, 2.24) is 4.90 Å². The topological polar surface area (TPSA) is 72.3 Å². The van der Waals surface area contributed by atoms with Crippen LogP contribution in [-0.2, 0) is 4.79 Å². The Morgan fingerprint density at radius 3 is 2.23 bits per heavy atom. The summed E-state index contributed by atoms with van der Waals surface area (Å²) in [7, 11) is 1.94. The Hall–Kier alpha value is -0.610. The molecule has 0 spiro atoms. The number of hydrogen-bond acceptors (Lipinski definition) is 3. The van der Waals surface area contributed by atoms with E-state index in [1.54, 1.807) is 0 Å². The third-order valence-corrected chi connectivity index (χ3v) is 1.62. The second-order valence-electron chi connectivity index (χ2n) is 4.77. The van der Waals surface area contributed by atoms with E-state index < -0.39 is 11.9 Å². The average molecular weight is 187 g/mol. The van der Waals surface area contributed by atoms with E-state index in [1.165, 1.54) is 0 Å². The highest BCUT2D eigenvalue weighted by molar-refractivity contribution is 5.79. The number of primary amides is 1. The van der Waals surface area contributed by atoms with Crippen LogP contribution < -0.4 is 11.5 Å². The van der Waals surface area contributed by atoms with Crippen molar-refractivity contribution in [3.63, 3.8) is 0 Å². The van der Waals surface area contributed by atoms with Crippen molar-refractivity contribution in [3.8, 4) is 0 Å². The maximum absolute atomic E-state index is 10.7. The fraction of sp³-hybridized carbons (Fsp3) is 0.889. The molecule has 4 nitrogen and oxygen atoms in total. The molecule has 0 aromatic rings. The van der Waals surface area contributed by atoms with Crippen LogP contribution in [0.15, 0.2) is 0 Å². The van der Waals surface area contributed by atoms with Gasteiger partial charge in [-0.1, -0.05) is 20.8 Å². The summed E-state index contributed by atoms with van der Waals surface area (Å²) in [6, 6.07) is -0.563. The van der Waals surface area contributed by atoms with Crippen molar-refractivity contribution in [2.75, 3.05) is 20.1 Å². The first-order valence-corrected chi connectivity index (χ1v) is 4.46.